The molecule has 142 valence electrons. The lowest BCUT2D eigenvalue weighted by Crippen LogP contribution is -2.08. The average Bonchev–Trinajstić information content (AvgIpc) is 3.43. The molecule has 0 fully saturated rings. The van der Waals surface area contributed by atoms with Crippen LogP contribution in [0.4, 0.5) is 0 Å². The van der Waals surface area contributed by atoms with Gasteiger partial charge in [-0.05, 0) is 48.5 Å². The second-order valence-electron chi connectivity index (χ2n) is 6.38. The Balaban J connectivity index is 1.66. The molecule has 2 aliphatic heterocycles. The van der Waals surface area contributed by atoms with Crippen molar-refractivity contribution in [1.29, 1.82) is 0 Å². The molecule has 0 aliphatic carbocycles. The summed E-state index contributed by atoms with van der Waals surface area (Å²) in [7, 11) is 1.62. The van der Waals surface area contributed by atoms with Gasteiger partial charge in [-0.25, -0.2) is 9.79 Å². The molecular weight excluding hydrogens is 370 g/mol. The molecular formula is C23H15NO5. The van der Waals surface area contributed by atoms with Crippen molar-refractivity contribution in [3.63, 3.8) is 0 Å². The molecule has 0 bridgehead atoms. The molecule has 5 rings (SSSR count). The molecule has 1 aromatic heterocycles. The first-order chi connectivity index (χ1) is 14.2. The summed E-state index contributed by atoms with van der Waals surface area (Å²) >= 11 is 0. The summed E-state index contributed by atoms with van der Waals surface area (Å²) in [4.78, 5) is 17.0. The fourth-order valence-electron chi connectivity index (χ4n) is 3.21. The van der Waals surface area contributed by atoms with Gasteiger partial charge in [0.15, 0.2) is 11.5 Å². The van der Waals surface area contributed by atoms with Crippen LogP contribution in [0.25, 0.3) is 11.3 Å². The normalized spacial score (nSPS) is 17.8. The summed E-state index contributed by atoms with van der Waals surface area (Å²) in [5, 5.41) is 0. The first kappa shape index (κ1) is 17.1. The summed E-state index contributed by atoms with van der Waals surface area (Å²) in [5.41, 5.74) is 2.45. The molecule has 0 radical (unpaired) electrons. The Labute approximate surface area is 166 Å². The minimum Gasteiger partial charge on any atom is -0.497 e. The number of esters is 1. The number of aliphatic imine (C=N–C) groups is 1. The number of rotatable bonds is 3. The summed E-state index contributed by atoms with van der Waals surface area (Å²) in [5.74, 6) is 1.99. The standard InChI is InChI=1S/C23H15NO5/c1-26-15-10-8-14(9-11-15)20-13-17(16-5-2-3-6-18(16)28-20)21-23(25)29-22(24-21)19-7-4-12-27-19/h2-13H,1H3/b21-17-. The van der Waals surface area contributed by atoms with Crippen LogP contribution in [0.2, 0.25) is 0 Å². The second kappa shape index (κ2) is 6.83. The van der Waals surface area contributed by atoms with Crippen molar-refractivity contribution in [1.82, 2.24) is 0 Å². The lowest BCUT2D eigenvalue weighted by Gasteiger charge is -2.20. The zero-order chi connectivity index (χ0) is 19.8. The molecule has 0 spiro atoms. The van der Waals surface area contributed by atoms with E-state index >= 15 is 0 Å². The number of methoxy groups -OCH3 is 1. The maximum Gasteiger partial charge on any atom is 0.364 e. The van der Waals surface area contributed by atoms with Crippen molar-refractivity contribution in [2.75, 3.05) is 7.11 Å². The highest BCUT2D eigenvalue weighted by molar-refractivity contribution is 6.15. The number of hydrogen-bond donors (Lipinski definition) is 0. The smallest absolute Gasteiger partial charge is 0.364 e. The van der Waals surface area contributed by atoms with Crippen LogP contribution in [0.15, 0.2) is 88.1 Å². The Bertz CT molecular complexity index is 1180. The number of ether oxygens (including phenoxy) is 3. The van der Waals surface area contributed by atoms with E-state index in [1.54, 1.807) is 25.3 Å². The van der Waals surface area contributed by atoms with Crippen molar-refractivity contribution >= 4 is 23.2 Å². The van der Waals surface area contributed by atoms with Crippen LogP contribution in [0.1, 0.15) is 16.9 Å². The fourth-order valence-corrected chi connectivity index (χ4v) is 3.21. The van der Waals surface area contributed by atoms with Gasteiger partial charge in [0.05, 0.1) is 13.4 Å². The number of carbonyl (C=O) groups is 1. The van der Waals surface area contributed by atoms with E-state index in [0.29, 0.717) is 22.8 Å². The minimum atomic E-state index is -0.534. The second-order valence-corrected chi connectivity index (χ2v) is 6.38. The van der Waals surface area contributed by atoms with Crippen LogP contribution < -0.4 is 9.47 Å². The Morgan fingerprint density at radius 1 is 0.931 bits per heavy atom. The number of benzene rings is 2. The van der Waals surface area contributed by atoms with Gasteiger partial charge in [-0.15, -0.1) is 0 Å². The molecule has 6 heteroatoms. The molecule has 0 amide bonds. The monoisotopic (exact) mass is 385 g/mol. The average molecular weight is 385 g/mol. The first-order valence-corrected chi connectivity index (χ1v) is 8.95. The van der Waals surface area contributed by atoms with Gasteiger partial charge in [-0.2, -0.15) is 0 Å². The molecule has 2 aromatic carbocycles. The third-order valence-electron chi connectivity index (χ3n) is 4.63. The third kappa shape index (κ3) is 3.00. The van der Waals surface area contributed by atoms with Crippen molar-refractivity contribution in [3.8, 4) is 11.5 Å². The first-order valence-electron chi connectivity index (χ1n) is 8.95. The van der Waals surface area contributed by atoms with E-state index in [1.807, 2.05) is 48.5 Å². The van der Waals surface area contributed by atoms with Crippen LogP contribution in [-0.4, -0.2) is 19.0 Å². The summed E-state index contributed by atoms with van der Waals surface area (Å²) < 4.78 is 21.9. The fraction of sp³-hybridized carbons (Fsp3) is 0.0435. The predicted molar refractivity (Wildman–Crippen MR) is 106 cm³/mol. The van der Waals surface area contributed by atoms with Gasteiger partial charge < -0.3 is 18.6 Å². The van der Waals surface area contributed by atoms with Crippen LogP contribution in [-0.2, 0) is 9.53 Å². The number of nitrogens with zero attached hydrogens (tertiary/aromatic N) is 1. The molecule has 0 atom stereocenters. The SMILES string of the molecule is COc1ccc(C2=C/C(=C3/N=C(c4ccco4)OC3=O)c3ccccc3O2)cc1. The van der Waals surface area contributed by atoms with E-state index < -0.39 is 5.97 Å². The van der Waals surface area contributed by atoms with Gasteiger partial charge in [0.2, 0.25) is 0 Å². The van der Waals surface area contributed by atoms with Crippen molar-refractivity contribution in [2.24, 2.45) is 4.99 Å². The van der Waals surface area contributed by atoms with Crippen molar-refractivity contribution < 1.29 is 23.4 Å². The number of allylic oxidation sites excluding steroid dienone is 2. The number of furan rings is 1. The summed E-state index contributed by atoms with van der Waals surface area (Å²) in [6.45, 7) is 0. The van der Waals surface area contributed by atoms with E-state index in [9.17, 15) is 4.79 Å². The molecule has 29 heavy (non-hydrogen) atoms. The van der Waals surface area contributed by atoms with Gasteiger partial charge >= 0.3 is 5.97 Å². The summed E-state index contributed by atoms with van der Waals surface area (Å²) in [6.07, 6.45) is 3.30. The quantitative estimate of drug-likeness (QED) is 0.493. The van der Waals surface area contributed by atoms with Gasteiger partial charge in [0.25, 0.3) is 5.90 Å². The van der Waals surface area contributed by atoms with E-state index in [0.717, 1.165) is 16.9 Å². The van der Waals surface area contributed by atoms with Gasteiger partial charge in [0, 0.05) is 16.7 Å². The van der Waals surface area contributed by atoms with Crippen molar-refractivity contribution in [3.05, 3.63) is 95.6 Å². The minimum absolute atomic E-state index is 0.144. The summed E-state index contributed by atoms with van der Waals surface area (Å²) in [6, 6.07) is 18.4. The van der Waals surface area contributed by atoms with Gasteiger partial charge in [0.1, 0.15) is 17.3 Å². The molecule has 3 aromatic rings. The number of cyclic esters (lactones) is 1. The van der Waals surface area contributed by atoms with E-state index in [1.165, 1.54) is 6.26 Å². The highest BCUT2D eigenvalue weighted by Crippen LogP contribution is 2.40. The molecule has 0 saturated carbocycles. The van der Waals surface area contributed by atoms with Crippen LogP contribution in [0, 0.1) is 0 Å². The zero-order valence-electron chi connectivity index (χ0n) is 15.4. The third-order valence-corrected chi connectivity index (χ3v) is 4.63. The number of para-hydroxylation sites is 1. The molecule has 3 heterocycles. The van der Waals surface area contributed by atoms with Crippen LogP contribution in [0.5, 0.6) is 11.5 Å². The van der Waals surface area contributed by atoms with Crippen LogP contribution in [0.3, 0.4) is 0 Å². The Kier molecular flexibility index (Phi) is 4.02. The molecule has 0 saturated heterocycles. The van der Waals surface area contributed by atoms with Crippen molar-refractivity contribution in [2.45, 2.75) is 0 Å². The maximum absolute atomic E-state index is 12.6. The molecule has 2 aliphatic rings. The number of fused-ring (bicyclic) bond motifs is 1. The van der Waals surface area contributed by atoms with Gasteiger partial charge in [-0.3, -0.25) is 0 Å². The lowest BCUT2D eigenvalue weighted by molar-refractivity contribution is -0.130. The van der Waals surface area contributed by atoms with E-state index in [4.69, 9.17) is 18.6 Å². The highest BCUT2D eigenvalue weighted by atomic mass is 16.6. The largest absolute Gasteiger partial charge is 0.497 e. The molecule has 0 unspecified atom stereocenters. The Morgan fingerprint density at radius 2 is 1.76 bits per heavy atom. The zero-order valence-corrected chi connectivity index (χ0v) is 15.4. The van der Waals surface area contributed by atoms with Crippen LogP contribution >= 0.6 is 0 Å². The molecule has 6 nitrogen and oxygen atoms in total. The molecule has 0 N–H and O–H groups in total. The predicted octanol–water partition coefficient (Wildman–Crippen LogP) is 4.44. The van der Waals surface area contributed by atoms with E-state index in [-0.39, 0.29) is 11.6 Å². The number of hydrogen-bond acceptors (Lipinski definition) is 6. The Morgan fingerprint density at radius 3 is 2.52 bits per heavy atom. The van der Waals surface area contributed by atoms with E-state index in [2.05, 4.69) is 4.99 Å². The maximum atomic E-state index is 12.6. The number of carbonyl (C=O) groups excluding carboxylic acids is 1. The highest BCUT2D eigenvalue weighted by Gasteiger charge is 2.31. The Hall–Kier alpha value is -4.06. The lowest BCUT2D eigenvalue weighted by atomic mass is 9.97. The van der Waals surface area contributed by atoms with Gasteiger partial charge in [-0.1, -0.05) is 18.2 Å². The topological polar surface area (TPSA) is 70.3 Å².